The van der Waals surface area contributed by atoms with E-state index in [1.54, 1.807) is 11.3 Å². The van der Waals surface area contributed by atoms with Gasteiger partial charge in [-0.25, -0.2) is 15.0 Å². The molecule has 12 heteroatoms. The zero-order chi connectivity index (χ0) is 76.5. The van der Waals surface area contributed by atoms with Crippen LogP contribution in [0.3, 0.4) is 0 Å². The first kappa shape index (κ1) is 65.0. The average Bonchev–Trinajstić information content (AvgIpc) is 1.53. The van der Waals surface area contributed by atoms with E-state index in [1.165, 1.54) is 10.1 Å². The predicted octanol–water partition coefficient (Wildman–Crippen LogP) is 28.8. The molecule has 0 fully saturated rings. The number of benzene rings is 17. The van der Waals surface area contributed by atoms with Crippen molar-refractivity contribution in [3.05, 3.63) is 358 Å². The highest BCUT2D eigenvalue weighted by molar-refractivity contribution is 7.26. The van der Waals surface area contributed by atoms with Crippen LogP contribution in [0.1, 0.15) is 0 Å². The van der Waals surface area contributed by atoms with Gasteiger partial charge in [0.1, 0.15) is 44.7 Å². The molecule has 0 saturated heterocycles. The van der Waals surface area contributed by atoms with Gasteiger partial charge >= 0.3 is 0 Å². The Morgan fingerprint density at radius 1 is 0.222 bits per heavy atom. The van der Waals surface area contributed by atoms with E-state index in [1.807, 2.05) is 66.7 Å². The van der Waals surface area contributed by atoms with Crippen molar-refractivity contribution in [3.8, 4) is 79.3 Å². The van der Waals surface area contributed by atoms with E-state index in [-0.39, 0.29) is 0 Å². The summed E-state index contributed by atoms with van der Waals surface area (Å²) in [6.45, 7) is 0. The molecule has 17 aromatic carbocycles. The van der Waals surface area contributed by atoms with Crippen molar-refractivity contribution >= 4 is 185 Å². The van der Waals surface area contributed by atoms with Gasteiger partial charge in [0.15, 0.2) is 11.6 Å². The Hall–Kier alpha value is -15.6. The number of furan rings is 4. The molecule has 11 nitrogen and oxygen atoms in total. The number of thiophene rings is 1. The van der Waals surface area contributed by atoms with E-state index < -0.39 is 0 Å². The Labute approximate surface area is 669 Å². The fourth-order valence-corrected chi connectivity index (χ4v) is 19.4. The molecule has 0 aliphatic heterocycles. The Balaban J connectivity index is 0.000000131. The molecule has 544 valence electrons. The summed E-state index contributed by atoms with van der Waals surface area (Å²) >= 11 is 1.75. The first-order chi connectivity index (χ1) is 58.0. The molecule has 9 aromatic heterocycles. The van der Waals surface area contributed by atoms with E-state index in [0.717, 1.165) is 219 Å². The SMILES string of the molecule is c1ccc(-c2cccc(-c3nc(-c4ccccc4)nc(-n4c5ccccc5c5c6oc7cc(-c8ccc9c(c8)oc8ccccc89)c8ccccc8c7c6ccc54)n3)c2)cc1.c1ccc(-c2nc(-n3c4ccccc4c4c5oc6cc(-c7ccc8c(c7)oc7ccccc78)c7ccccc7c6c5ccc43)nc3c2sc2ccccc23)cc1. The van der Waals surface area contributed by atoms with Crippen LogP contribution in [0.2, 0.25) is 0 Å². The molecule has 0 radical (unpaired) electrons. The Morgan fingerprint density at radius 3 is 1.20 bits per heavy atom. The second-order valence-corrected chi connectivity index (χ2v) is 31.0. The zero-order valence-electron chi connectivity index (χ0n) is 62.2. The minimum absolute atomic E-state index is 0.532. The maximum atomic E-state index is 7.08. The lowest BCUT2D eigenvalue weighted by molar-refractivity contribution is 0.668. The quantitative estimate of drug-likeness (QED) is 0.146. The van der Waals surface area contributed by atoms with Crippen LogP contribution in [-0.4, -0.2) is 34.1 Å². The molecule has 0 atom stereocenters. The van der Waals surface area contributed by atoms with Crippen LogP contribution in [0, 0.1) is 0 Å². The molecule has 0 unspecified atom stereocenters. The van der Waals surface area contributed by atoms with Gasteiger partial charge in [0.05, 0.1) is 48.7 Å². The normalized spacial score (nSPS) is 12.1. The molecule has 9 heterocycles. The molecule has 0 bridgehead atoms. The third-order valence-corrected chi connectivity index (χ3v) is 24.6. The van der Waals surface area contributed by atoms with E-state index in [4.69, 9.17) is 42.6 Å². The number of hydrogen-bond acceptors (Lipinski definition) is 10. The van der Waals surface area contributed by atoms with Crippen molar-refractivity contribution in [2.45, 2.75) is 0 Å². The first-order valence-electron chi connectivity index (χ1n) is 39.2. The number of nitrogens with zero attached hydrogens (tertiary/aromatic N) is 7. The Kier molecular flexibility index (Phi) is 14.1. The van der Waals surface area contributed by atoms with Crippen LogP contribution in [0.25, 0.3) is 253 Å². The molecule has 26 aromatic rings. The van der Waals surface area contributed by atoms with Gasteiger partial charge in [-0.3, -0.25) is 9.13 Å². The van der Waals surface area contributed by atoms with Gasteiger partial charge in [-0.05, 0) is 152 Å². The summed E-state index contributed by atoms with van der Waals surface area (Å²) in [6, 6.07) is 125. The lowest BCUT2D eigenvalue weighted by atomic mass is 9.94. The minimum Gasteiger partial charge on any atom is -0.456 e. The predicted molar refractivity (Wildman–Crippen MR) is 480 cm³/mol. The van der Waals surface area contributed by atoms with Gasteiger partial charge in [-0.1, -0.05) is 261 Å². The maximum absolute atomic E-state index is 7.08. The van der Waals surface area contributed by atoms with Gasteiger partial charge in [0, 0.05) is 80.6 Å². The van der Waals surface area contributed by atoms with Gasteiger partial charge < -0.3 is 17.7 Å². The molecule has 117 heavy (non-hydrogen) atoms. The second-order valence-electron chi connectivity index (χ2n) is 30.0. The number of aromatic nitrogens is 7. The summed E-state index contributed by atoms with van der Waals surface area (Å²) in [5.74, 6) is 2.36. The minimum atomic E-state index is 0.532. The van der Waals surface area contributed by atoms with Crippen molar-refractivity contribution in [2.24, 2.45) is 0 Å². The van der Waals surface area contributed by atoms with Crippen LogP contribution >= 0.6 is 11.3 Å². The molecule has 26 rings (SSSR count). The number of rotatable bonds is 8. The lowest BCUT2D eigenvalue weighted by Crippen LogP contribution is -2.06. The molecular formula is C105H59N7O4S. The number of fused-ring (bicyclic) bond motifs is 27. The van der Waals surface area contributed by atoms with Gasteiger partial charge in [0.2, 0.25) is 11.9 Å². The van der Waals surface area contributed by atoms with Crippen molar-refractivity contribution < 1.29 is 17.7 Å². The van der Waals surface area contributed by atoms with Gasteiger partial charge in [-0.2, -0.15) is 9.97 Å². The van der Waals surface area contributed by atoms with E-state index >= 15 is 0 Å². The molecule has 0 amide bonds. The summed E-state index contributed by atoms with van der Waals surface area (Å²) in [5.41, 5.74) is 22.2. The van der Waals surface area contributed by atoms with Crippen LogP contribution in [-0.2, 0) is 0 Å². The smallest absolute Gasteiger partial charge is 0.238 e. The highest BCUT2D eigenvalue weighted by Gasteiger charge is 2.28. The van der Waals surface area contributed by atoms with Crippen LogP contribution < -0.4 is 0 Å². The van der Waals surface area contributed by atoms with E-state index in [9.17, 15) is 0 Å². The van der Waals surface area contributed by atoms with Gasteiger partial charge in [0.25, 0.3) is 0 Å². The fourth-order valence-electron chi connectivity index (χ4n) is 18.2. The molecule has 0 N–H and O–H groups in total. The molecule has 0 saturated carbocycles. The molecular weight excluding hydrogens is 1460 g/mol. The van der Waals surface area contributed by atoms with E-state index in [2.05, 4.69) is 300 Å². The average molecular weight is 1510 g/mol. The second kappa shape index (κ2) is 25.4. The molecule has 0 spiro atoms. The monoisotopic (exact) mass is 1510 g/mol. The summed E-state index contributed by atoms with van der Waals surface area (Å²) in [4.78, 5) is 26.3. The summed E-state index contributed by atoms with van der Waals surface area (Å²) in [5, 5.41) is 18.7. The number of para-hydroxylation sites is 4. The lowest BCUT2D eigenvalue weighted by Gasteiger charge is -2.11. The standard InChI is InChI=1S/C55H32N4O2.C50H27N3O2S/c1-3-14-33(15-4-1)35-18-13-19-37(30-35)54-56-53(34-16-5-2-6-17-34)57-55(58-54)59-45-24-11-9-23-42(45)51-46(59)29-28-43-50-41-22-8-7-20-38(41)44(32-49(50)61-52(43)51)36-26-27-40-39-21-10-12-25-47(39)60-48(40)31-36;1-2-12-28(13-3-1)46-49-47(35-18-8-11-21-43(35)56-49)52-50(51-46)53-38-19-9-6-17-34(38)45-39(53)25-24-36-44-33-16-5-4-14-30(33)37(27-42(44)55-48(36)45)29-22-23-32-31-15-7-10-20-40(31)54-41(32)26-29/h1-32H;1-27H. The van der Waals surface area contributed by atoms with Gasteiger partial charge in [-0.15, -0.1) is 11.3 Å². The fraction of sp³-hybridized carbons (Fsp3) is 0. The summed E-state index contributed by atoms with van der Waals surface area (Å²) in [6.07, 6.45) is 0. The van der Waals surface area contributed by atoms with Crippen molar-refractivity contribution in [3.63, 3.8) is 0 Å². The van der Waals surface area contributed by atoms with Crippen LogP contribution in [0.15, 0.2) is 376 Å². The summed E-state index contributed by atoms with van der Waals surface area (Å²) in [7, 11) is 0. The molecule has 0 aliphatic rings. The Morgan fingerprint density at radius 2 is 0.641 bits per heavy atom. The number of hydrogen-bond donors (Lipinski definition) is 0. The highest BCUT2D eigenvalue weighted by atomic mass is 32.1. The largest absolute Gasteiger partial charge is 0.456 e. The third kappa shape index (κ3) is 10.0. The van der Waals surface area contributed by atoms with Crippen molar-refractivity contribution in [1.29, 1.82) is 0 Å². The third-order valence-electron chi connectivity index (χ3n) is 23.5. The topological polar surface area (TPSA) is 127 Å². The first-order valence-corrected chi connectivity index (χ1v) is 40.0. The maximum Gasteiger partial charge on any atom is 0.238 e. The Bertz CT molecular complexity index is 8670. The van der Waals surface area contributed by atoms with Crippen LogP contribution in [0.5, 0.6) is 0 Å². The summed E-state index contributed by atoms with van der Waals surface area (Å²) < 4.78 is 33.5. The zero-order valence-corrected chi connectivity index (χ0v) is 63.1. The van der Waals surface area contributed by atoms with Crippen LogP contribution in [0.4, 0.5) is 0 Å². The highest BCUT2D eigenvalue weighted by Crippen LogP contribution is 2.50. The van der Waals surface area contributed by atoms with Crippen molar-refractivity contribution in [2.75, 3.05) is 0 Å². The van der Waals surface area contributed by atoms with Crippen molar-refractivity contribution in [1.82, 2.24) is 34.1 Å². The molecule has 0 aliphatic carbocycles. The van der Waals surface area contributed by atoms with E-state index in [0.29, 0.717) is 23.5 Å².